The number of hydrogen-bond acceptors (Lipinski definition) is 4. The highest BCUT2D eigenvalue weighted by Crippen LogP contribution is 2.25. The molecule has 1 heterocycles. The van der Waals surface area contributed by atoms with Gasteiger partial charge in [0.25, 0.3) is 5.91 Å². The lowest BCUT2D eigenvalue weighted by Gasteiger charge is -2.23. The molecule has 0 radical (unpaired) electrons. The molecule has 0 atom stereocenters. The van der Waals surface area contributed by atoms with Crippen LogP contribution in [0, 0.1) is 0 Å². The molecule has 0 unspecified atom stereocenters. The van der Waals surface area contributed by atoms with E-state index in [1.807, 2.05) is 24.3 Å². The number of nitrogens with one attached hydrogen (secondary N) is 1. The standard InChI is InChI=1S/C21H21N3O2/c1-3-24(17-9-5-4-6-10-17)18-12-13-20(22-15-18)23-21(25)16-8-7-11-19(14-16)26-2/h4-15H,3H2,1-2H3,(H,22,23,25). The van der Waals surface area contributed by atoms with Crippen molar-refractivity contribution in [1.82, 2.24) is 4.98 Å². The van der Waals surface area contributed by atoms with Crippen LogP contribution in [-0.4, -0.2) is 24.5 Å². The fraction of sp³-hybridized carbons (Fsp3) is 0.143. The van der Waals surface area contributed by atoms with Gasteiger partial charge in [-0.15, -0.1) is 0 Å². The third kappa shape index (κ3) is 4.00. The van der Waals surface area contributed by atoms with E-state index < -0.39 is 0 Å². The van der Waals surface area contributed by atoms with Crippen LogP contribution >= 0.6 is 0 Å². The number of rotatable bonds is 6. The highest BCUT2D eigenvalue weighted by molar-refractivity contribution is 6.04. The molecular formula is C21H21N3O2. The minimum Gasteiger partial charge on any atom is -0.497 e. The van der Waals surface area contributed by atoms with Crippen LogP contribution in [0.4, 0.5) is 17.2 Å². The Hall–Kier alpha value is -3.34. The molecule has 0 fully saturated rings. The lowest BCUT2D eigenvalue weighted by molar-refractivity contribution is 0.102. The van der Waals surface area contributed by atoms with Gasteiger partial charge in [0, 0.05) is 17.8 Å². The predicted molar refractivity (Wildman–Crippen MR) is 104 cm³/mol. The van der Waals surface area contributed by atoms with Crippen molar-refractivity contribution in [1.29, 1.82) is 0 Å². The summed E-state index contributed by atoms with van der Waals surface area (Å²) in [7, 11) is 1.57. The van der Waals surface area contributed by atoms with Crippen molar-refractivity contribution in [2.45, 2.75) is 6.92 Å². The van der Waals surface area contributed by atoms with Crippen LogP contribution < -0.4 is 15.0 Å². The molecule has 1 N–H and O–H groups in total. The molecule has 5 nitrogen and oxygen atoms in total. The maximum Gasteiger partial charge on any atom is 0.256 e. The number of aromatic nitrogens is 1. The number of amides is 1. The Morgan fingerprint density at radius 1 is 1.04 bits per heavy atom. The second-order valence-corrected chi connectivity index (χ2v) is 5.67. The summed E-state index contributed by atoms with van der Waals surface area (Å²) >= 11 is 0. The number of pyridine rings is 1. The minimum atomic E-state index is -0.223. The quantitative estimate of drug-likeness (QED) is 0.713. The predicted octanol–water partition coefficient (Wildman–Crippen LogP) is 4.50. The second-order valence-electron chi connectivity index (χ2n) is 5.67. The van der Waals surface area contributed by atoms with Gasteiger partial charge in [0.2, 0.25) is 0 Å². The number of ether oxygens (including phenoxy) is 1. The van der Waals surface area contributed by atoms with Gasteiger partial charge in [0.1, 0.15) is 11.6 Å². The van der Waals surface area contributed by atoms with Crippen molar-refractivity contribution in [2.24, 2.45) is 0 Å². The summed E-state index contributed by atoms with van der Waals surface area (Å²) in [5, 5.41) is 2.81. The van der Waals surface area contributed by atoms with E-state index in [0.717, 1.165) is 17.9 Å². The van der Waals surface area contributed by atoms with Crippen molar-refractivity contribution >= 4 is 23.1 Å². The summed E-state index contributed by atoms with van der Waals surface area (Å²) in [4.78, 5) is 18.9. The Morgan fingerprint density at radius 3 is 2.50 bits per heavy atom. The van der Waals surface area contributed by atoms with Crippen LogP contribution in [0.5, 0.6) is 5.75 Å². The molecule has 2 aromatic carbocycles. The number of anilines is 3. The van der Waals surface area contributed by atoms with Gasteiger partial charge in [-0.25, -0.2) is 4.98 Å². The zero-order valence-electron chi connectivity index (χ0n) is 14.8. The van der Waals surface area contributed by atoms with Crippen LogP contribution in [0.25, 0.3) is 0 Å². The summed E-state index contributed by atoms with van der Waals surface area (Å²) < 4.78 is 5.15. The number of para-hydroxylation sites is 1. The first-order chi connectivity index (χ1) is 12.7. The summed E-state index contributed by atoms with van der Waals surface area (Å²) in [6, 6.07) is 20.9. The Balaban J connectivity index is 1.74. The monoisotopic (exact) mass is 347 g/mol. The molecule has 3 rings (SSSR count). The maximum atomic E-state index is 12.4. The van der Waals surface area contributed by atoms with Gasteiger partial charge >= 0.3 is 0 Å². The number of benzene rings is 2. The number of carbonyl (C=O) groups excluding carboxylic acids is 1. The number of hydrogen-bond donors (Lipinski definition) is 1. The van der Waals surface area contributed by atoms with Crippen molar-refractivity contribution in [3.05, 3.63) is 78.5 Å². The van der Waals surface area contributed by atoms with E-state index in [9.17, 15) is 4.79 Å². The highest BCUT2D eigenvalue weighted by Gasteiger charge is 2.10. The molecular weight excluding hydrogens is 326 g/mol. The fourth-order valence-corrected chi connectivity index (χ4v) is 2.69. The largest absolute Gasteiger partial charge is 0.497 e. The van der Waals surface area contributed by atoms with Gasteiger partial charge in [-0.1, -0.05) is 24.3 Å². The summed E-state index contributed by atoms with van der Waals surface area (Å²) in [6.07, 6.45) is 1.76. The van der Waals surface area contributed by atoms with Crippen LogP contribution in [0.2, 0.25) is 0 Å². The Kier molecular flexibility index (Phi) is 5.49. The van der Waals surface area contributed by atoms with Crippen molar-refractivity contribution in [3.8, 4) is 5.75 Å². The van der Waals surface area contributed by atoms with Crippen LogP contribution in [0.1, 0.15) is 17.3 Å². The van der Waals surface area contributed by atoms with Crippen molar-refractivity contribution in [3.63, 3.8) is 0 Å². The fourth-order valence-electron chi connectivity index (χ4n) is 2.69. The zero-order chi connectivity index (χ0) is 18.4. The molecule has 0 aliphatic rings. The molecule has 3 aromatic rings. The molecule has 132 valence electrons. The molecule has 1 aromatic heterocycles. The van der Waals surface area contributed by atoms with Crippen molar-refractivity contribution < 1.29 is 9.53 Å². The molecule has 0 aliphatic carbocycles. The van der Waals surface area contributed by atoms with E-state index in [2.05, 4.69) is 34.3 Å². The van der Waals surface area contributed by atoms with E-state index in [4.69, 9.17) is 4.74 Å². The third-order valence-electron chi connectivity index (χ3n) is 4.02. The number of nitrogens with zero attached hydrogens (tertiary/aromatic N) is 2. The SMILES string of the molecule is CCN(c1ccccc1)c1ccc(NC(=O)c2cccc(OC)c2)nc1. The molecule has 0 saturated carbocycles. The minimum absolute atomic E-state index is 0.223. The van der Waals surface area contributed by atoms with Gasteiger partial charge in [-0.05, 0) is 49.4 Å². The molecule has 0 aliphatic heterocycles. The van der Waals surface area contributed by atoms with Gasteiger partial charge in [-0.2, -0.15) is 0 Å². The van der Waals surface area contributed by atoms with Gasteiger partial charge in [-0.3, -0.25) is 4.79 Å². The lowest BCUT2D eigenvalue weighted by atomic mass is 10.2. The highest BCUT2D eigenvalue weighted by atomic mass is 16.5. The number of carbonyl (C=O) groups is 1. The average Bonchev–Trinajstić information content (AvgIpc) is 2.70. The lowest BCUT2D eigenvalue weighted by Crippen LogP contribution is -2.17. The van der Waals surface area contributed by atoms with Crippen LogP contribution in [0.15, 0.2) is 72.9 Å². The molecule has 5 heteroatoms. The smallest absolute Gasteiger partial charge is 0.256 e. The first-order valence-electron chi connectivity index (χ1n) is 8.45. The molecule has 0 spiro atoms. The first-order valence-corrected chi connectivity index (χ1v) is 8.45. The normalized spacial score (nSPS) is 10.2. The summed E-state index contributed by atoms with van der Waals surface area (Å²) in [5.74, 6) is 0.924. The number of methoxy groups -OCH3 is 1. The maximum absolute atomic E-state index is 12.4. The Morgan fingerprint density at radius 2 is 1.85 bits per heavy atom. The van der Waals surface area contributed by atoms with E-state index >= 15 is 0 Å². The molecule has 26 heavy (non-hydrogen) atoms. The average molecular weight is 347 g/mol. The van der Waals surface area contributed by atoms with E-state index in [1.54, 1.807) is 43.6 Å². The van der Waals surface area contributed by atoms with Crippen LogP contribution in [0.3, 0.4) is 0 Å². The topological polar surface area (TPSA) is 54.5 Å². The molecule has 0 saturated heterocycles. The van der Waals surface area contributed by atoms with Gasteiger partial charge < -0.3 is 15.0 Å². The Bertz CT molecular complexity index is 864. The van der Waals surface area contributed by atoms with E-state index in [0.29, 0.717) is 17.1 Å². The molecule has 1 amide bonds. The van der Waals surface area contributed by atoms with Gasteiger partial charge in [0.05, 0.1) is 19.0 Å². The van der Waals surface area contributed by atoms with E-state index in [-0.39, 0.29) is 5.91 Å². The summed E-state index contributed by atoms with van der Waals surface area (Å²) in [5.41, 5.74) is 2.60. The molecule has 0 bridgehead atoms. The third-order valence-corrected chi connectivity index (χ3v) is 4.02. The van der Waals surface area contributed by atoms with E-state index in [1.165, 1.54) is 0 Å². The van der Waals surface area contributed by atoms with Gasteiger partial charge in [0.15, 0.2) is 0 Å². The van der Waals surface area contributed by atoms with Crippen LogP contribution in [-0.2, 0) is 0 Å². The Labute approximate surface area is 153 Å². The zero-order valence-corrected chi connectivity index (χ0v) is 14.8. The van der Waals surface area contributed by atoms with Crippen molar-refractivity contribution in [2.75, 3.05) is 23.9 Å². The first kappa shape index (κ1) is 17.5. The second kappa shape index (κ2) is 8.16. The summed E-state index contributed by atoms with van der Waals surface area (Å²) in [6.45, 7) is 2.91.